The normalized spacial score (nSPS) is 18.3. The molecule has 0 bridgehead atoms. The van der Waals surface area contributed by atoms with Crippen molar-refractivity contribution in [2.45, 2.75) is 70.4 Å². The Hall–Kier alpha value is -2.41. The summed E-state index contributed by atoms with van der Waals surface area (Å²) >= 11 is 0. The fraction of sp³-hybridized carbons (Fsp3) is 0.379. The van der Waals surface area contributed by atoms with Crippen LogP contribution in [-0.4, -0.2) is 0 Å². The van der Waals surface area contributed by atoms with Crippen LogP contribution >= 0.6 is 0 Å². The summed E-state index contributed by atoms with van der Waals surface area (Å²) in [5.41, 5.74) is 3.57. The largest absolute Gasteiger partial charge is 0.233 e. The van der Waals surface area contributed by atoms with E-state index in [0.29, 0.717) is 6.42 Å². The number of allylic oxidation sites excluding steroid dienone is 5. The van der Waals surface area contributed by atoms with Gasteiger partial charge in [0.2, 0.25) is 0 Å². The smallest absolute Gasteiger partial charge is 0.165 e. The van der Waals surface area contributed by atoms with E-state index in [1.54, 1.807) is 0 Å². The fourth-order valence-corrected chi connectivity index (χ4v) is 4.22. The van der Waals surface area contributed by atoms with Crippen LogP contribution < -0.4 is 0 Å². The van der Waals surface area contributed by atoms with E-state index in [2.05, 4.69) is 49.9 Å². The maximum Gasteiger partial charge on any atom is 0.165 e. The topological polar surface area (TPSA) is 0 Å². The lowest BCUT2D eigenvalue weighted by Gasteiger charge is -2.30. The zero-order valence-electron chi connectivity index (χ0n) is 18.4. The van der Waals surface area contributed by atoms with E-state index in [0.717, 1.165) is 36.0 Å². The molecule has 0 aliphatic heterocycles. The van der Waals surface area contributed by atoms with E-state index in [-0.39, 0.29) is 0 Å². The number of hydrogen-bond donors (Lipinski definition) is 0. The lowest BCUT2D eigenvalue weighted by molar-refractivity contribution is 0.249. The molecule has 0 fully saturated rings. The van der Waals surface area contributed by atoms with Crippen molar-refractivity contribution in [2.24, 2.45) is 0 Å². The molecule has 0 nitrogen and oxygen atoms in total. The van der Waals surface area contributed by atoms with Crippen LogP contribution in [0.25, 0.3) is 5.57 Å². The van der Waals surface area contributed by atoms with Gasteiger partial charge in [-0.1, -0.05) is 105 Å². The van der Waals surface area contributed by atoms with E-state index >= 15 is 4.39 Å². The van der Waals surface area contributed by atoms with Crippen molar-refractivity contribution in [3.05, 3.63) is 102 Å². The van der Waals surface area contributed by atoms with E-state index in [4.69, 9.17) is 0 Å². The quantitative estimate of drug-likeness (QED) is 0.261. The molecule has 0 spiro atoms. The highest BCUT2D eigenvalue weighted by atomic mass is 19.1. The van der Waals surface area contributed by atoms with Gasteiger partial charge in [0, 0.05) is 12.0 Å². The van der Waals surface area contributed by atoms with E-state index in [9.17, 15) is 0 Å². The van der Waals surface area contributed by atoms with E-state index in [1.165, 1.54) is 43.2 Å². The number of alkyl halides is 1. The van der Waals surface area contributed by atoms with Crippen LogP contribution in [0.1, 0.15) is 74.1 Å². The van der Waals surface area contributed by atoms with Gasteiger partial charge in [-0.05, 0) is 47.9 Å². The van der Waals surface area contributed by atoms with Crippen molar-refractivity contribution in [1.29, 1.82) is 0 Å². The number of halogens is 1. The first-order chi connectivity index (χ1) is 14.7. The predicted molar refractivity (Wildman–Crippen MR) is 128 cm³/mol. The SMILES string of the molecule is C=CCCc1ccc(C2(F)CC=CC=C2c2ccc(CCCCCCC)cc2)cc1. The van der Waals surface area contributed by atoms with Gasteiger partial charge in [-0.3, -0.25) is 0 Å². The molecule has 3 rings (SSSR count). The maximum absolute atomic E-state index is 16.3. The summed E-state index contributed by atoms with van der Waals surface area (Å²) in [6, 6.07) is 16.6. The molecule has 0 amide bonds. The van der Waals surface area contributed by atoms with Gasteiger partial charge in [-0.2, -0.15) is 0 Å². The number of hydrogen-bond acceptors (Lipinski definition) is 0. The zero-order chi connectivity index (χ0) is 21.2. The van der Waals surface area contributed by atoms with Gasteiger partial charge < -0.3 is 0 Å². The van der Waals surface area contributed by atoms with Crippen molar-refractivity contribution in [2.75, 3.05) is 0 Å². The molecule has 1 aliphatic carbocycles. The number of rotatable bonds is 11. The third-order valence-corrected chi connectivity index (χ3v) is 6.11. The molecule has 1 aliphatic rings. The lowest BCUT2D eigenvalue weighted by Crippen LogP contribution is -2.23. The van der Waals surface area contributed by atoms with Crippen LogP contribution in [0.2, 0.25) is 0 Å². The Balaban J connectivity index is 1.72. The second-order valence-corrected chi connectivity index (χ2v) is 8.40. The zero-order valence-corrected chi connectivity index (χ0v) is 18.4. The highest BCUT2D eigenvalue weighted by Crippen LogP contribution is 2.45. The molecule has 0 saturated carbocycles. The molecule has 2 aromatic carbocycles. The van der Waals surface area contributed by atoms with Gasteiger partial charge in [0.1, 0.15) is 0 Å². The fourth-order valence-electron chi connectivity index (χ4n) is 4.22. The first-order valence-electron chi connectivity index (χ1n) is 11.5. The third kappa shape index (κ3) is 5.59. The molecule has 0 N–H and O–H groups in total. The molecular formula is C29H35F. The minimum atomic E-state index is -1.48. The first-order valence-corrected chi connectivity index (χ1v) is 11.5. The maximum atomic E-state index is 16.3. The Morgan fingerprint density at radius 3 is 2.27 bits per heavy atom. The highest BCUT2D eigenvalue weighted by Gasteiger charge is 2.37. The van der Waals surface area contributed by atoms with Gasteiger partial charge in [0.15, 0.2) is 5.67 Å². The van der Waals surface area contributed by atoms with Gasteiger partial charge >= 0.3 is 0 Å². The Morgan fingerprint density at radius 1 is 0.900 bits per heavy atom. The molecule has 0 saturated heterocycles. The average Bonchev–Trinajstić information content (AvgIpc) is 2.79. The van der Waals surface area contributed by atoms with Crippen molar-refractivity contribution >= 4 is 5.57 Å². The molecule has 30 heavy (non-hydrogen) atoms. The molecule has 1 unspecified atom stereocenters. The Bertz CT molecular complexity index is 854. The Morgan fingerprint density at radius 2 is 1.57 bits per heavy atom. The molecular weight excluding hydrogens is 367 g/mol. The monoisotopic (exact) mass is 402 g/mol. The lowest BCUT2D eigenvalue weighted by atomic mass is 9.78. The first kappa shape index (κ1) is 22.3. The molecule has 158 valence electrons. The van der Waals surface area contributed by atoms with Crippen LogP contribution in [0.5, 0.6) is 0 Å². The Kier molecular flexibility index (Phi) is 8.25. The van der Waals surface area contributed by atoms with Gasteiger partial charge in [0.05, 0.1) is 0 Å². The summed E-state index contributed by atoms with van der Waals surface area (Å²) in [5.74, 6) is 0. The van der Waals surface area contributed by atoms with Crippen molar-refractivity contribution in [1.82, 2.24) is 0 Å². The molecule has 1 heteroatoms. The number of aryl methyl sites for hydroxylation is 2. The van der Waals surface area contributed by atoms with Gasteiger partial charge in [-0.25, -0.2) is 4.39 Å². The summed E-state index contributed by atoms with van der Waals surface area (Å²) in [5, 5.41) is 0. The summed E-state index contributed by atoms with van der Waals surface area (Å²) in [7, 11) is 0. The summed E-state index contributed by atoms with van der Waals surface area (Å²) in [4.78, 5) is 0. The van der Waals surface area contributed by atoms with Crippen molar-refractivity contribution in [3.63, 3.8) is 0 Å². The van der Waals surface area contributed by atoms with E-state index in [1.807, 2.05) is 36.4 Å². The molecule has 0 heterocycles. The minimum absolute atomic E-state index is 0.379. The third-order valence-electron chi connectivity index (χ3n) is 6.11. The number of unbranched alkanes of at least 4 members (excludes halogenated alkanes) is 4. The number of benzene rings is 2. The van der Waals surface area contributed by atoms with Crippen molar-refractivity contribution < 1.29 is 4.39 Å². The summed E-state index contributed by atoms with van der Waals surface area (Å²) in [6.07, 6.45) is 17.6. The second kappa shape index (κ2) is 11.1. The van der Waals surface area contributed by atoms with Crippen molar-refractivity contribution in [3.8, 4) is 0 Å². The predicted octanol–water partition coefficient (Wildman–Crippen LogP) is 8.53. The van der Waals surface area contributed by atoms with Crippen LogP contribution in [-0.2, 0) is 18.5 Å². The van der Waals surface area contributed by atoms with Gasteiger partial charge in [-0.15, -0.1) is 6.58 Å². The summed E-state index contributed by atoms with van der Waals surface area (Å²) < 4.78 is 16.3. The van der Waals surface area contributed by atoms with Crippen LogP contribution in [0, 0.1) is 0 Å². The molecule has 2 aromatic rings. The van der Waals surface area contributed by atoms with Gasteiger partial charge in [0.25, 0.3) is 0 Å². The molecule has 1 atom stereocenters. The standard InChI is InChI=1S/C29H35F/c1-3-5-7-8-9-13-25-15-19-26(20-16-25)28-14-10-11-23-29(28,30)27-21-17-24(18-22-27)12-6-4-2/h4,10-11,14-22H,2-3,5-9,12-13,23H2,1H3. The molecule has 0 aromatic heterocycles. The molecule has 0 radical (unpaired) electrons. The van der Waals surface area contributed by atoms with Crippen LogP contribution in [0.15, 0.2) is 79.4 Å². The Labute approximate surface area is 182 Å². The highest BCUT2D eigenvalue weighted by molar-refractivity contribution is 5.76. The summed E-state index contributed by atoms with van der Waals surface area (Å²) in [6.45, 7) is 6.03. The van der Waals surface area contributed by atoms with Crippen LogP contribution in [0.3, 0.4) is 0 Å². The van der Waals surface area contributed by atoms with E-state index < -0.39 is 5.67 Å². The minimum Gasteiger partial charge on any atom is -0.233 e. The van der Waals surface area contributed by atoms with Crippen LogP contribution in [0.4, 0.5) is 4.39 Å². The second-order valence-electron chi connectivity index (χ2n) is 8.40. The average molecular weight is 403 g/mol.